The van der Waals surface area contributed by atoms with Gasteiger partial charge in [0.25, 0.3) is 11.8 Å². The minimum Gasteiger partial charge on any atom is -0.504 e. The Hall–Kier alpha value is -3.59. The van der Waals surface area contributed by atoms with E-state index in [0.717, 1.165) is 50.2 Å². The first-order valence-corrected chi connectivity index (χ1v) is 13.2. The Morgan fingerprint density at radius 2 is 1.68 bits per heavy atom. The van der Waals surface area contributed by atoms with Crippen molar-refractivity contribution in [2.45, 2.75) is 6.42 Å². The number of piperazine rings is 1. The lowest BCUT2D eigenvalue weighted by Crippen LogP contribution is -2.44. The minimum absolute atomic E-state index is 0.00161. The fraction of sp³-hybridized carbons (Fsp3) is 0.310. The van der Waals surface area contributed by atoms with Crippen LogP contribution in [0.3, 0.4) is 0 Å². The molecule has 4 aromatic rings. The molecule has 8 nitrogen and oxygen atoms in total. The molecule has 3 aromatic carbocycles. The molecule has 0 bridgehead atoms. The number of amides is 2. The normalized spacial score (nSPS) is 16.4. The summed E-state index contributed by atoms with van der Waals surface area (Å²) in [5.41, 5.74) is 3.41. The number of aryl methyl sites for hydroxylation is 1. The predicted molar refractivity (Wildman–Crippen MR) is 148 cm³/mol. The van der Waals surface area contributed by atoms with Crippen molar-refractivity contribution in [1.82, 2.24) is 19.7 Å². The molecule has 0 radical (unpaired) electrons. The van der Waals surface area contributed by atoms with Crippen molar-refractivity contribution in [1.29, 1.82) is 0 Å². The Labute approximate surface area is 225 Å². The van der Waals surface area contributed by atoms with Crippen molar-refractivity contribution in [3.63, 3.8) is 0 Å². The van der Waals surface area contributed by atoms with Crippen LogP contribution in [-0.4, -0.2) is 77.7 Å². The van der Waals surface area contributed by atoms with Gasteiger partial charge in [0.15, 0.2) is 11.5 Å². The first kappa shape index (κ1) is 24.7. The zero-order valence-electron chi connectivity index (χ0n) is 21.4. The van der Waals surface area contributed by atoms with Gasteiger partial charge in [-0.15, -0.1) is 0 Å². The molecular weight excluding hydrogens is 504 g/mol. The summed E-state index contributed by atoms with van der Waals surface area (Å²) in [6.07, 6.45) is 0.854. The second kappa shape index (κ2) is 9.62. The van der Waals surface area contributed by atoms with E-state index >= 15 is 0 Å². The Kier molecular flexibility index (Phi) is 6.26. The molecule has 0 spiro atoms. The number of hydrogen-bond acceptors (Lipinski definition) is 6. The molecule has 1 fully saturated rings. The lowest BCUT2D eigenvalue weighted by Gasteiger charge is -2.32. The highest BCUT2D eigenvalue weighted by Crippen LogP contribution is 2.44. The first-order valence-electron chi connectivity index (χ1n) is 12.8. The number of likely N-dealkylation sites (N-methyl/N-ethyl adjacent to an activating group) is 1. The van der Waals surface area contributed by atoms with Gasteiger partial charge in [0.1, 0.15) is 0 Å². The van der Waals surface area contributed by atoms with Crippen molar-refractivity contribution in [3.05, 3.63) is 58.6 Å². The summed E-state index contributed by atoms with van der Waals surface area (Å²) in [6, 6.07) is 12.6. The van der Waals surface area contributed by atoms with E-state index in [0.29, 0.717) is 50.4 Å². The van der Waals surface area contributed by atoms with E-state index in [-0.39, 0.29) is 5.75 Å². The van der Waals surface area contributed by atoms with E-state index < -0.39 is 11.8 Å². The van der Waals surface area contributed by atoms with Gasteiger partial charge >= 0.3 is 0 Å². The summed E-state index contributed by atoms with van der Waals surface area (Å²) in [5.74, 6) is -0.521. The third-order valence-electron chi connectivity index (χ3n) is 7.69. The van der Waals surface area contributed by atoms with Crippen molar-refractivity contribution in [3.8, 4) is 22.6 Å². The van der Waals surface area contributed by atoms with E-state index in [1.807, 2.05) is 35.9 Å². The highest BCUT2D eigenvalue weighted by molar-refractivity contribution is 6.36. The van der Waals surface area contributed by atoms with Gasteiger partial charge in [-0.3, -0.25) is 14.9 Å². The largest absolute Gasteiger partial charge is 0.504 e. The van der Waals surface area contributed by atoms with Gasteiger partial charge in [0.2, 0.25) is 0 Å². The predicted octanol–water partition coefficient (Wildman–Crippen LogP) is 4.26. The molecule has 3 heterocycles. The Morgan fingerprint density at radius 3 is 2.45 bits per heavy atom. The molecule has 0 unspecified atom stereocenters. The van der Waals surface area contributed by atoms with E-state index in [1.165, 1.54) is 0 Å². The van der Waals surface area contributed by atoms with E-state index in [9.17, 15) is 14.7 Å². The average molecular weight is 533 g/mol. The number of nitrogens with one attached hydrogen (secondary N) is 1. The standard InChI is InChI=1S/C29H29ClN4O4/c1-32-9-11-34(12-10-32)8-5-13-38-24-16-21-19(15-23(24)35)25-22(33(21)2)14-18(17-6-3-4-7-20(17)30)26-27(25)29(37)31-28(26)36/h3-4,6-7,14-16,35H,5,8-13H2,1-2H3,(H,31,36,37). The lowest BCUT2D eigenvalue weighted by molar-refractivity contribution is 0.0880. The summed E-state index contributed by atoms with van der Waals surface area (Å²) in [7, 11) is 4.04. The van der Waals surface area contributed by atoms with Crippen molar-refractivity contribution in [2.24, 2.45) is 7.05 Å². The van der Waals surface area contributed by atoms with E-state index in [2.05, 4.69) is 22.2 Å². The van der Waals surface area contributed by atoms with Gasteiger partial charge in [-0.25, -0.2) is 0 Å². The van der Waals surface area contributed by atoms with Crippen LogP contribution in [0.25, 0.3) is 32.9 Å². The first-order chi connectivity index (χ1) is 18.3. The molecule has 0 aliphatic carbocycles. The molecule has 38 heavy (non-hydrogen) atoms. The van der Waals surface area contributed by atoms with Gasteiger partial charge in [-0.1, -0.05) is 29.8 Å². The molecule has 1 aromatic heterocycles. The summed E-state index contributed by atoms with van der Waals surface area (Å²) in [5, 5.41) is 15.1. The number of carbonyl (C=O) groups is 2. The topological polar surface area (TPSA) is 87.0 Å². The Balaban J connectivity index is 1.38. The van der Waals surface area contributed by atoms with Crippen molar-refractivity contribution < 1.29 is 19.4 Å². The molecule has 2 amide bonds. The average Bonchev–Trinajstić information content (AvgIpc) is 3.35. The van der Waals surface area contributed by atoms with Gasteiger partial charge in [-0.05, 0) is 37.2 Å². The molecule has 1 saturated heterocycles. The van der Waals surface area contributed by atoms with E-state index in [4.69, 9.17) is 16.3 Å². The molecule has 9 heteroatoms. The number of carbonyl (C=O) groups excluding carboxylic acids is 2. The van der Waals surface area contributed by atoms with Crippen LogP contribution in [0.2, 0.25) is 5.02 Å². The highest BCUT2D eigenvalue weighted by atomic mass is 35.5. The zero-order chi connectivity index (χ0) is 26.6. The number of nitrogens with zero attached hydrogens (tertiary/aromatic N) is 3. The maximum Gasteiger partial charge on any atom is 0.259 e. The summed E-state index contributed by atoms with van der Waals surface area (Å²) >= 11 is 6.49. The molecule has 0 atom stereocenters. The number of aromatic nitrogens is 1. The maximum atomic E-state index is 13.0. The van der Waals surface area contributed by atoms with E-state index in [1.54, 1.807) is 18.2 Å². The number of hydrogen-bond donors (Lipinski definition) is 2. The lowest BCUT2D eigenvalue weighted by atomic mass is 9.93. The van der Waals surface area contributed by atoms with Crippen LogP contribution >= 0.6 is 11.6 Å². The van der Waals surface area contributed by atoms with Crippen molar-refractivity contribution >= 4 is 45.2 Å². The second-order valence-corrected chi connectivity index (χ2v) is 10.5. The van der Waals surface area contributed by atoms with Crippen LogP contribution in [0.1, 0.15) is 27.1 Å². The van der Waals surface area contributed by atoms with Crippen molar-refractivity contribution in [2.75, 3.05) is 46.4 Å². The molecule has 2 aliphatic heterocycles. The number of fused-ring (bicyclic) bond motifs is 5. The van der Waals surface area contributed by atoms with Crippen LogP contribution < -0.4 is 10.1 Å². The van der Waals surface area contributed by atoms with Gasteiger partial charge in [-0.2, -0.15) is 0 Å². The van der Waals surface area contributed by atoms with Gasteiger partial charge < -0.3 is 24.2 Å². The fourth-order valence-electron chi connectivity index (χ4n) is 5.61. The number of phenolic OH excluding ortho intramolecular Hbond substituents is 1. The van der Waals surface area contributed by atoms with Crippen LogP contribution in [0.5, 0.6) is 11.5 Å². The van der Waals surface area contributed by atoms with Crippen LogP contribution in [0.15, 0.2) is 42.5 Å². The highest BCUT2D eigenvalue weighted by Gasteiger charge is 2.35. The molecule has 2 aliphatic rings. The molecule has 6 rings (SSSR count). The number of phenols is 1. The number of rotatable bonds is 6. The fourth-order valence-corrected chi connectivity index (χ4v) is 5.85. The molecular formula is C29H29ClN4O4. The molecule has 196 valence electrons. The summed E-state index contributed by atoms with van der Waals surface area (Å²) in [4.78, 5) is 30.7. The monoisotopic (exact) mass is 532 g/mol. The minimum atomic E-state index is -0.458. The summed E-state index contributed by atoms with van der Waals surface area (Å²) < 4.78 is 7.95. The Bertz CT molecular complexity index is 1600. The van der Waals surface area contributed by atoms with Crippen LogP contribution in [0, 0.1) is 0 Å². The maximum absolute atomic E-state index is 13.0. The number of benzene rings is 3. The van der Waals surface area contributed by atoms with Crippen LogP contribution in [-0.2, 0) is 7.05 Å². The number of imide groups is 1. The second-order valence-electron chi connectivity index (χ2n) is 10.1. The SMILES string of the molecule is CN1CCN(CCCOc2cc3c(cc2O)c2c4c(c(-c5ccccc5Cl)cc2n3C)C(=O)NC4=O)CC1. The Morgan fingerprint density at radius 1 is 0.947 bits per heavy atom. The summed E-state index contributed by atoms with van der Waals surface area (Å²) in [6.45, 7) is 5.69. The molecule has 0 saturated carbocycles. The molecule has 2 N–H and O–H groups in total. The third-order valence-corrected chi connectivity index (χ3v) is 8.02. The van der Waals surface area contributed by atoms with Gasteiger partial charge in [0.05, 0.1) is 28.8 Å². The quantitative estimate of drug-likeness (QED) is 0.285. The smallest absolute Gasteiger partial charge is 0.259 e. The number of ether oxygens (including phenoxy) is 1. The number of aromatic hydroxyl groups is 1. The third kappa shape index (κ3) is 4.09. The zero-order valence-corrected chi connectivity index (χ0v) is 22.1. The van der Waals surface area contributed by atoms with Gasteiger partial charge in [0, 0.05) is 67.2 Å². The van der Waals surface area contributed by atoms with Crippen LogP contribution in [0.4, 0.5) is 0 Å². The number of halogens is 1.